The zero-order valence-corrected chi connectivity index (χ0v) is 11.5. The van der Waals surface area contributed by atoms with Crippen molar-refractivity contribution in [2.24, 2.45) is 0 Å². The molecule has 2 aromatic rings. The van der Waals surface area contributed by atoms with E-state index in [1.54, 1.807) is 6.92 Å². The number of hydrogen-bond acceptors (Lipinski definition) is 5. The minimum Gasteiger partial charge on any atom is -0.375 e. The topological polar surface area (TPSA) is 56.0 Å². The summed E-state index contributed by atoms with van der Waals surface area (Å²) in [5.74, 6) is 6.89. The van der Waals surface area contributed by atoms with Crippen LogP contribution in [-0.2, 0) is 4.79 Å². The Labute approximate surface area is 114 Å². The molecule has 0 aliphatic heterocycles. The Kier molecular flexibility index (Phi) is 4.24. The van der Waals surface area contributed by atoms with Crippen LogP contribution in [0.25, 0.3) is 10.2 Å². The van der Waals surface area contributed by atoms with Gasteiger partial charge < -0.3 is 5.73 Å². The van der Waals surface area contributed by atoms with Gasteiger partial charge in [-0.15, -0.1) is 0 Å². The van der Waals surface area contributed by atoms with E-state index in [9.17, 15) is 4.79 Å². The zero-order valence-electron chi connectivity index (χ0n) is 9.90. The van der Waals surface area contributed by atoms with Gasteiger partial charge in [0.2, 0.25) is 0 Å². The van der Waals surface area contributed by atoms with Gasteiger partial charge in [-0.2, -0.15) is 0 Å². The zero-order chi connectivity index (χ0) is 13.0. The summed E-state index contributed by atoms with van der Waals surface area (Å²) in [6.07, 6.45) is 0.715. The fraction of sp³-hybridized carbons (Fsp3) is 0.231. The van der Waals surface area contributed by atoms with Crippen molar-refractivity contribution in [3.63, 3.8) is 0 Å². The summed E-state index contributed by atoms with van der Waals surface area (Å²) in [5.41, 5.74) is 7.51. The highest BCUT2D eigenvalue weighted by molar-refractivity contribution is 8.13. The van der Waals surface area contributed by atoms with E-state index in [4.69, 9.17) is 5.73 Å². The van der Waals surface area contributed by atoms with E-state index in [2.05, 4.69) is 16.8 Å². The maximum atomic E-state index is 10.7. The standard InChI is InChI=1S/C13H12N2OS2/c1-9(16)17-7-3-2-4-10-5-6-11-12(8-10)18-13(14)15-11/h5-6,8H,3,7H2,1H3,(H2,14,15). The Morgan fingerprint density at radius 1 is 1.56 bits per heavy atom. The fourth-order valence-corrected chi connectivity index (χ4v) is 2.70. The molecule has 0 bridgehead atoms. The molecule has 0 radical (unpaired) electrons. The van der Waals surface area contributed by atoms with E-state index >= 15 is 0 Å². The third-order valence-corrected chi connectivity index (χ3v) is 3.83. The summed E-state index contributed by atoms with van der Waals surface area (Å²) in [6.45, 7) is 1.57. The van der Waals surface area contributed by atoms with Gasteiger partial charge in [0.15, 0.2) is 10.2 Å². The molecule has 0 atom stereocenters. The van der Waals surface area contributed by atoms with E-state index < -0.39 is 0 Å². The average molecular weight is 276 g/mol. The van der Waals surface area contributed by atoms with Crippen LogP contribution in [0.2, 0.25) is 0 Å². The van der Waals surface area contributed by atoms with Crippen LogP contribution in [0.5, 0.6) is 0 Å². The van der Waals surface area contributed by atoms with Crippen LogP contribution < -0.4 is 5.73 Å². The molecule has 0 amide bonds. The number of fused-ring (bicyclic) bond motifs is 1. The lowest BCUT2D eigenvalue weighted by molar-refractivity contribution is -0.109. The molecule has 3 nitrogen and oxygen atoms in total. The van der Waals surface area contributed by atoms with E-state index in [1.807, 2.05) is 18.2 Å². The molecular formula is C13H12N2OS2. The maximum absolute atomic E-state index is 10.7. The molecule has 0 spiro atoms. The van der Waals surface area contributed by atoms with E-state index in [0.29, 0.717) is 11.6 Å². The predicted molar refractivity (Wildman–Crippen MR) is 78.7 cm³/mol. The van der Waals surface area contributed by atoms with Gasteiger partial charge in [0.1, 0.15) is 0 Å². The first-order valence-electron chi connectivity index (χ1n) is 5.43. The van der Waals surface area contributed by atoms with Crippen LogP contribution in [-0.4, -0.2) is 15.9 Å². The number of nitrogen functional groups attached to an aromatic ring is 1. The van der Waals surface area contributed by atoms with Crippen LogP contribution >= 0.6 is 23.1 Å². The van der Waals surface area contributed by atoms with Gasteiger partial charge in [0, 0.05) is 24.7 Å². The van der Waals surface area contributed by atoms with Crippen LogP contribution in [0.15, 0.2) is 18.2 Å². The minimum atomic E-state index is 0.137. The molecule has 0 fully saturated rings. The van der Waals surface area contributed by atoms with Crippen molar-refractivity contribution in [2.45, 2.75) is 13.3 Å². The number of anilines is 1. The fourth-order valence-electron chi connectivity index (χ4n) is 1.43. The molecule has 2 N–H and O–H groups in total. The van der Waals surface area contributed by atoms with Crippen LogP contribution in [0.4, 0.5) is 5.13 Å². The molecule has 18 heavy (non-hydrogen) atoms. The smallest absolute Gasteiger partial charge is 0.185 e. The highest BCUT2D eigenvalue weighted by Crippen LogP contribution is 2.24. The Morgan fingerprint density at radius 3 is 3.17 bits per heavy atom. The van der Waals surface area contributed by atoms with Crippen molar-refractivity contribution in [3.8, 4) is 11.8 Å². The molecule has 0 aliphatic carbocycles. The van der Waals surface area contributed by atoms with Gasteiger partial charge in [0.05, 0.1) is 10.2 Å². The first-order valence-corrected chi connectivity index (χ1v) is 7.23. The number of thioether (sulfide) groups is 1. The van der Waals surface area contributed by atoms with E-state index in [0.717, 1.165) is 21.5 Å². The van der Waals surface area contributed by atoms with Crippen molar-refractivity contribution >= 4 is 43.6 Å². The lowest BCUT2D eigenvalue weighted by Crippen LogP contribution is -1.84. The van der Waals surface area contributed by atoms with Crippen molar-refractivity contribution in [3.05, 3.63) is 23.8 Å². The van der Waals surface area contributed by atoms with Gasteiger partial charge in [-0.1, -0.05) is 34.9 Å². The second-order valence-electron chi connectivity index (χ2n) is 3.63. The number of aromatic nitrogens is 1. The predicted octanol–water partition coefficient (Wildman–Crippen LogP) is 2.90. The number of rotatable bonds is 2. The summed E-state index contributed by atoms with van der Waals surface area (Å²) < 4.78 is 1.05. The number of benzene rings is 1. The van der Waals surface area contributed by atoms with E-state index in [1.165, 1.54) is 23.1 Å². The highest BCUT2D eigenvalue weighted by Gasteiger charge is 2.00. The molecule has 0 saturated heterocycles. The lowest BCUT2D eigenvalue weighted by Gasteiger charge is -1.91. The van der Waals surface area contributed by atoms with Crippen LogP contribution in [0, 0.1) is 11.8 Å². The van der Waals surface area contributed by atoms with Gasteiger partial charge >= 0.3 is 0 Å². The van der Waals surface area contributed by atoms with Crippen LogP contribution in [0.1, 0.15) is 18.9 Å². The number of carbonyl (C=O) groups is 1. The molecular weight excluding hydrogens is 264 g/mol. The van der Waals surface area contributed by atoms with Gasteiger partial charge in [-0.3, -0.25) is 4.79 Å². The normalized spacial score (nSPS) is 10.1. The highest BCUT2D eigenvalue weighted by atomic mass is 32.2. The quantitative estimate of drug-likeness (QED) is 0.677. The summed E-state index contributed by atoms with van der Waals surface area (Å²) in [6, 6.07) is 5.86. The third kappa shape index (κ3) is 3.49. The SMILES string of the molecule is CC(=O)SCCC#Cc1ccc2nc(N)sc2c1. The molecule has 0 saturated carbocycles. The monoisotopic (exact) mass is 276 g/mol. The molecule has 1 heterocycles. The number of hydrogen-bond donors (Lipinski definition) is 1. The Balaban J connectivity index is 2.03. The molecule has 0 unspecified atom stereocenters. The number of thiazole rings is 1. The molecule has 92 valence electrons. The molecule has 1 aromatic carbocycles. The van der Waals surface area contributed by atoms with Crippen molar-refractivity contribution in [2.75, 3.05) is 11.5 Å². The third-order valence-electron chi connectivity index (χ3n) is 2.17. The van der Waals surface area contributed by atoms with E-state index in [-0.39, 0.29) is 5.12 Å². The second kappa shape index (κ2) is 5.89. The van der Waals surface area contributed by atoms with Crippen molar-refractivity contribution in [1.82, 2.24) is 4.98 Å². The second-order valence-corrected chi connectivity index (χ2v) is 5.96. The number of nitrogens with zero attached hydrogens (tertiary/aromatic N) is 1. The largest absolute Gasteiger partial charge is 0.375 e. The first kappa shape index (κ1) is 12.9. The Morgan fingerprint density at radius 2 is 2.39 bits per heavy atom. The summed E-state index contributed by atoms with van der Waals surface area (Å²) >= 11 is 2.77. The van der Waals surface area contributed by atoms with Crippen LogP contribution in [0.3, 0.4) is 0 Å². The summed E-state index contributed by atoms with van der Waals surface area (Å²) in [7, 11) is 0. The lowest BCUT2D eigenvalue weighted by atomic mass is 10.2. The Bertz CT molecular complexity index is 637. The van der Waals surface area contributed by atoms with Crippen molar-refractivity contribution in [1.29, 1.82) is 0 Å². The summed E-state index contributed by atoms with van der Waals surface area (Å²) in [4.78, 5) is 14.9. The number of carbonyl (C=O) groups excluding carboxylic acids is 1. The van der Waals surface area contributed by atoms with Gasteiger partial charge in [-0.25, -0.2) is 4.98 Å². The molecule has 2 rings (SSSR count). The number of nitrogens with two attached hydrogens (primary N) is 1. The first-order chi connectivity index (χ1) is 8.65. The Hall–Kier alpha value is -1.51. The average Bonchev–Trinajstić information content (AvgIpc) is 2.67. The molecule has 5 heteroatoms. The van der Waals surface area contributed by atoms with Gasteiger partial charge in [-0.05, 0) is 18.2 Å². The van der Waals surface area contributed by atoms with Crippen molar-refractivity contribution < 1.29 is 4.79 Å². The molecule has 0 aliphatic rings. The maximum Gasteiger partial charge on any atom is 0.185 e. The minimum absolute atomic E-state index is 0.137. The molecule has 1 aromatic heterocycles. The van der Waals surface area contributed by atoms with Gasteiger partial charge in [0.25, 0.3) is 0 Å². The summed E-state index contributed by atoms with van der Waals surface area (Å²) in [5, 5.41) is 0.714.